The van der Waals surface area contributed by atoms with E-state index in [0.717, 1.165) is 29.5 Å². The molecule has 0 atom stereocenters. The van der Waals surface area contributed by atoms with Gasteiger partial charge in [0.05, 0.1) is 32.6 Å². The number of hydrogen-bond donors (Lipinski definition) is 0. The van der Waals surface area contributed by atoms with Gasteiger partial charge in [0.2, 0.25) is 10.0 Å². The molecule has 8 heteroatoms. The largest absolute Gasteiger partial charge is 0.497 e. The normalized spacial score (nSPS) is 13.4. The smallest absolute Gasteiger partial charge is 0.309 e. The number of carbonyl (C=O) groups is 1. The molecular formula is C28H31NO6S. The Labute approximate surface area is 212 Å². The Morgan fingerprint density at radius 2 is 1.33 bits per heavy atom. The molecule has 0 spiro atoms. The molecule has 0 aromatic heterocycles. The zero-order valence-electron chi connectivity index (χ0n) is 20.8. The first-order valence-corrected chi connectivity index (χ1v) is 13.2. The maximum atomic E-state index is 14.1. The number of hydrogen-bond acceptors (Lipinski definition) is 6. The highest BCUT2D eigenvalue weighted by molar-refractivity contribution is 7.89. The molecule has 36 heavy (non-hydrogen) atoms. The van der Waals surface area contributed by atoms with Crippen LogP contribution in [0.1, 0.15) is 41.0 Å². The first-order valence-electron chi connectivity index (χ1n) is 11.8. The van der Waals surface area contributed by atoms with E-state index in [0.29, 0.717) is 23.0 Å². The van der Waals surface area contributed by atoms with Crippen molar-refractivity contribution < 1.29 is 27.4 Å². The third-order valence-corrected chi connectivity index (χ3v) is 8.06. The minimum absolute atomic E-state index is 0.0243. The van der Waals surface area contributed by atoms with Crippen LogP contribution >= 0.6 is 0 Å². The van der Waals surface area contributed by atoms with Gasteiger partial charge in [0.15, 0.2) is 0 Å². The number of nitrogens with zero attached hydrogens (tertiary/aromatic N) is 1. The second kappa shape index (κ2) is 11.1. The van der Waals surface area contributed by atoms with Crippen molar-refractivity contribution in [3.05, 3.63) is 89.0 Å². The van der Waals surface area contributed by atoms with E-state index < -0.39 is 16.0 Å². The van der Waals surface area contributed by atoms with Gasteiger partial charge in [-0.15, -0.1) is 0 Å². The van der Waals surface area contributed by atoms with Gasteiger partial charge in [-0.1, -0.05) is 30.3 Å². The third-order valence-electron chi connectivity index (χ3n) is 6.29. The predicted octanol–water partition coefficient (Wildman–Crippen LogP) is 4.69. The van der Waals surface area contributed by atoms with Crippen molar-refractivity contribution in [3.63, 3.8) is 0 Å². The van der Waals surface area contributed by atoms with Crippen LogP contribution in [-0.2, 0) is 39.1 Å². The van der Waals surface area contributed by atoms with Crippen molar-refractivity contribution in [3.8, 4) is 11.5 Å². The summed E-state index contributed by atoms with van der Waals surface area (Å²) in [5.41, 5.74) is 3.25. The molecule has 7 nitrogen and oxygen atoms in total. The summed E-state index contributed by atoms with van der Waals surface area (Å²) in [7, 11) is 0.609. The summed E-state index contributed by atoms with van der Waals surface area (Å²) in [6.45, 7) is 0.358. The minimum Gasteiger partial charge on any atom is -0.497 e. The maximum absolute atomic E-state index is 14.1. The van der Waals surface area contributed by atoms with Crippen LogP contribution in [0.15, 0.2) is 71.6 Å². The summed E-state index contributed by atoms with van der Waals surface area (Å²) < 4.78 is 44.9. The topological polar surface area (TPSA) is 82.1 Å². The van der Waals surface area contributed by atoms with Gasteiger partial charge in [0.25, 0.3) is 0 Å². The molecule has 190 valence electrons. The summed E-state index contributed by atoms with van der Waals surface area (Å²) in [4.78, 5) is 12.1. The van der Waals surface area contributed by atoms with Crippen molar-refractivity contribution in [1.29, 1.82) is 0 Å². The van der Waals surface area contributed by atoms with Crippen molar-refractivity contribution in [1.82, 2.24) is 4.31 Å². The first-order chi connectivity index (χ1) is 17.3. The van der Waals surface area contributed by atoms with Crippen molar-refractivity contribution >= 4 is 16.0 Å². The van der Waals surface area contributed by atoms with Gasteiger partial charge in [-0.2, -0.15) is 4.31 Å². The Bertz CT molecular complexity index is 1250. The lowest BCUT2D eigenvalue weighted by molar-refractivity contribution is -0.139. The molecule has 3 aromatic carbocycles. The lowest BCUT2D eigenvalue weighted by atomic mass is 10.1. The Morgan fingerprint density at radius 1 is 0.806 bits per heavy atom. The molecule has 0 unspecified atom stereocenters. The highest BCUT2D eigenvalue weighted by atomic mass is 32.2. The Hall–Kier alpha value is -3.36. The van der Waals surface area contributed by atoms with Crippen LogP contribution in [0, 0.1) is 0 Å². The van der Waals surface area contributed by atoms with Crippen molar-refractivity contribution in [2.45, 2.75) is 43.2 Å². The summed E-state index contributed by atoms with van der Waals surface area (Å²) in [6.07, 6.45) is 2.06. The van der Waals surface area contributed by atoms with Gasteiger partial charge in [0, 0.05) is 13.1 Å². The molecule has 0 saturated heterocycles. The molecule has 4 rings (SSSR count). The monoisotopic (exact) mass is 509 g/mol. The van der Waals surface area contributed by atoms with Crippen LogP contribution in [-0.4, -0.2) is 40.0 Å². The molecular weight excluding hydrogens is 478 g/mol. The minimum atomic E-state index is -3.90. The van der Waals surface area contributed by atoms with Crippen LogP contribution in [0.2, 0.25) is 0 Å². The molecule has 1 saturated carbocycles. The van der Waals surface area contributed by atoms with Crippen LogP contribution < -0.4 is 9.47 Å². The number of rotatable bonds is 11. The Balaban J connectivity index is 1.71. The molecule has 0 bridgehead atoms. The number of methoxy groups -OCH3 is 3. The fourth-order valence-electron chi connectivity index (χ4n) is 4.07. The van der Waals surface area contributed by atoms with Gasteiger partial charge < -0.3 is 14.2 Å². The van der Waals surface area contributed by atoms with Crippen LogP contribution in [0.25, 0.3) is 0 Å². The number of carbonyl (C=O) groups excluding carboxylic acids is 1. The highest BCUT2D eigenvalue weighted by Crippen LogP contribution is 2.41. The standard InChI is InChI=1S/C28H31NO6S/c1-33-25-10-4-20(5-11-25)18-29(19-21-6-12-26(34-2)13-7-21)36(31,32)27-15-22(16-28(30)35-3)14-24(17-27)23-8-9-23/h4-7,10-15,17,23H,8-9,16,18-19H2,1-3H3. The van der Waals surface area contributed by atoms with E-state index in [-0.39, 0.29) is 24.4 Å². The van der Waals surface area contributed by atoms with E-state index in [2.05, 4.69) is 0 Å². The van der Waals surface area contributed by atoms with Crippen LogP contribution in [0.4, 0.5) is 0 Å². The maximum Gasteiger partial charge on any atom is 0.309 e. The second-order valence-electron chi connectivity index (χ2n) is 8.91. The number of ether oxygens (including phenoxy) is 3. The summed E-state index contributed by atoms with van der Waals surface area (Å²) in [5, 5.41) is 0. The van der Waals surface area contributed by atoms with E-state index in [9.17, 15) is 13.2 Å². The highest BCUT2D eigenvalue weighted by Gasteiger charge is 2.30. The molecule has 0 N–H and O–H groups in total. The summed E-state index contributed by atoms with van der Waals surface area (Å²) >= 11 is 0. The molecule has 0 radical (unpaired) electrons. The van der Waals surface area contributed by atoms with Crippen LogP contribution in [0.3, 0.4) is 0 Å². The van der Waals surface area contributed by atoms with Crippen molar-refractivity contribution in [2.75, 3.05) is 21.3 Å². The van der Waals surface area contributed by atoms with Gasteiger partial charge in [-0.25, -0.2) is 8.42 Å². The predicted molar refractivity (Wildman–Crippen MR) is 137 cm³/mol. The molecule has 1 fully saturated rings. The van der Waals surface area contributed by atoms with E-state index in [1.54, 1.807) is 26.4 Å². The van der Waals surface area contributed by atoms with Gasteiger partial charge in [0.1, 0.15) is 11.5 Å². The van der Waals surface area contributed by atoms with E-state index >= 15 is 0 Å². The van der Waals surface area contributed by atoms with Gasteiger partial charge in [-0.05, 0) is 77.4 Å². The SMILES string of the molecule is COC(=O)Cc1cc(C2CC2)cc(S(=O)(=O)N(Cc2ccc(OC)cc2)Cc2ccc(OC)cc2)c1. The Morgan fingerprint density at radius 3 is 1.78 bits per heavy atom. The fraction of sp³-hybridized carbons (Fsp3) is 0.321. The Kier molecular flexibility index (Phi) is 7.96. The van der Waals surface area contributed by atoms with E-state index in [1.807, 2.05) is 54.6 Å². The fourth-order valence-corrected chi connectivity index (χ4v) is 5.59. The number of benzene rings is 3. The molecule has 1 aliphatic rings. The molecule has 3 aromatic rings. The molecule has 0 heterocycles. The lowest BCUT2D eigenvalue weighted by Crippen LogP contribution is -2.30. The zero-order chi connectivity index (χ0) is 25.7. The first kappa shape index (κ1) is 25.7. The summed E-state index contributed by atoms with van der Waals surface area (Å²) in [6, 6.07) is 20.0. The zero-order valence-corrected chi connectivity index (χ0v) is 21.6. The molecule has 1 aliphatic carbocycles. The number of sulfonamides is 1. The molecule has 0 aliphatic heterocycles. The molecule has 0 amide bonds. The van der Waals surface area contributed by atoms with Crippen molar-refractivity contribution in [2.24, 2.45) is 0 Å². The van der Waals surface area contributed by atoms with E-state index in [1.165, 1.54) is 11.4 Å². The average molecular weight is 510 g/mol. The average Bonchev–Trinajstić information content (AvgIpc) is 3.74. The number of esters is 1. The third kappa shape index (κ3) is 6.25. The lowest BCUT2D eigenvalue weighted by Gasteiger charge is -2.24. The quantitative estimate of drug-likeness (QED) is 0.349. The van der Waals surface area contributed by atoms with Gasteiger partial charge >= 0.3 is 5.97 Å². The summed E-state index contributed by atoms with van der Waals surface area (Å²) in [5.74, 6) is 1.33. The van der Waals surface area contributed by atoms with E-state index in [4.69, 9.17) is 14.2 Å². The van der Waals surface area contributed by atoms with Crippen LogP contribution in [0.5, 0.6) is 11.5 Å². The van der Waals surface area contributed by atoms with Gasteiger partial charge in [-0.3, -0.25) is 4.79 Å². The second-order valence-corrected chi connectivity index (χ2v) is 10.8.